The van der Waals surface area contributed by atoms with Gasteiger partial charge in [0.15, 0.2) is 0 Å². The van der Waals surface area contributed by atoms with Gasteiger partial charge in [0.25, 0.3) is 0 Å². The Morgan fingerprint density at radius 3 is 2.17 bits per heavy atom. The second-order valence-corrected chi connectivity index (χ2v) is 1.46. The molecule has 0 aliphatic carbocycles. The Morgan fingerprint density at radius 2 is 2.17 bits per heavy atom. The summed E-state index contributed by atoms with van der Waals surface area (Å²) in [5.74, 6) is 0. The predicted molar refractivity (Wildman–Crippen MR) is 26.4 cm³/mol. The summed E-state index contributed by atoms with van der Waals surface area (Å²) in [5.41, 5.74) is 9.32. The number of nitrogens with zero attached hydrogens (tertiary/aromatic N) is 1. The van der Waals surface area contributed by atoms with Gasteiger partial charge in [-0.1, -0.05) is 11.6 Å². The van der Waals surface area contributed by atoms with Crippen LogP contribution in [0.15, 0.2) is 11.6 Å². The van der Waals surface area contributed by atoms with Gasteiger partial charge in [0.1, 0.15) is 0 Å². The lowest BCUT2D eigenvalue weighted by molar-refractivity contribution is 1.16. The van der Waals surface area contributed by atoms with Gasteiger partial charge in [0.05, 0.1) is 6.54 Å². The van der Waals surface area contributed by atoms with Crippen LogP contribution in [0, 0.1) is 0 Å². The summed E-state index contributed by atoms with van der Waals surface area (Å²) in [6.45, 7) is 4.08. The molecule has 0 bridgehead atoms. The van der Waals surface area contributed by atoms with Gasteiger partial charge >= 0.3 is 0 Å². The van der Waals surface area contributed by atoms with E-state index in [-0.39, 0.29) is 6.54 Å². The maximum absolute atomic E-state index is 8.16. The van der Waals surface area contributed by atoms with E-state index in [1.165, 1.54) is 0 Å². The van der Waals surface area contributed by atoms with Crippen LogP contribution in [-0.2, 0) is 0 Å². The molecular formula is C5H9N. The minimum absolute atomic E-state index is 0.169. The van der Waals surface area contributed by atoms with Gasteiger partial charge in [-0.05, 0) is 13.8 Å². The maximum Gasteiger partial charge on any atom is 0.0505 e. The van der Waals surface area contributed by atoms with Crippen molar-refractivity contribution in [2.24, 2.45) is 0 Å². The van der Waals surface area contributed by atoms with Crippen molar-refractivity contribution in [3.05, 3.63) is 11.6 Å². The molecule has 6 heavy (non-hydrogen) atoms. The third-order valence-electron chi connectivity index (χ3n) is 0.500. The molecular weight excluding hydrogens is 74.1 g/mol. The highest BCUT2D eigenvalue weighted by molar-refractivity contribution is 4.92. The van der Waals surface area contributed by atoms with Crippen molar-refractivity contribution in [2.45, 2.75) is 13.8 Å². The fourth-order valence-corrected chi connectivity index (χ4v) is 0.183. The first-order valence-corrected chi connectivity index (χ1v) is 2.01. The summed E-state index contributed by atoms with van der Waals surface area (Å²) in [7, 11) is 0. The van der Waals surface area contributed by atoms with E-state index in [1.807, 2.05) is 13.8 Å². The lowest BCUT2D eigenvalue weighted by atomic mass is 10.3. The van der Waals surface area contributed by atoms with Crippen LogP contribution in [0.1, 0.15) is 13.8 Å². The van der Waals surface area contributed by atoms with E-state index in [2.05, 4.69) is 0 Å². The molecule has 1 heteroatoms. The van der Waals surface area contributed by atoms with E-state index in [0.29, 0.717) is 0 Å². The van der Waals surface area contributed by atoms with Crippen molar-refractivity contribution in [3.8, 4) is 0 Å². The molecule has 0 N–H and O–H groups in total. The van der Waals surface area contributed by atoms with Crippen molar-refractivity contribution >= 4 is 0 Å². The van der Waals surface area contributed by atoms with Gasteiger partial charge in [-0.3, -0.25) is 0 Å². The van der Waals surface area contributed by atoms with Crippen LogP contribution in [0.2, 0.25) is 0 Å². The lowest BCUT2D eigenvalue weighted by Crippen LogP contribution is -1.75. The molecule has 0 aliphatic heterocycles. The SMILES string of the molecule is CC(C)=CC[N]. The summed E-state index contributed by atoms with van der Waals surface area (Å²) >= 11 is 0. The zero-order chi connectivity index (χ0) is 4.99. The Labute approximate surface area is 38.8 Å². The maximum atomic E-state index is 8.16. The number of allylic oxidation sites excluding steroid dienone is 1. The van der Waals surface area contributed by atoms with Crippen LogP contribution in [-0.4, -0.2) is 6.54 Å². The molecule has 2 radical (unpaired) electrons. The summed E-state index contributed by atoms with van der Waals surface area (Å²) in [5, 5.41) is 0. The molecule has 0 saturated heterocycles. The van der Waals surface area contributed by atoms with Gasteiger partial charge in [-0.2, -0.15) is 0 Å². The summed E-state index contributed by atoms with van der Waals surface area (Å²) in [6.07, 6.45) is 1.76. The molecule has 34 valence electrons. The first-order valence-electron chi connectivity index (χ1n) is 2.01. The van der Waals surface area contributed by atoms with Crippen molar-refractivity contribution < 1.29 is 0 Å². The van der Waals surface area contributed by atoms with E-state index in [4.69, 9.17) is 5.73 Å². The van der Waals surface area contributed by atoms with Crippen LogP contribution in [0.25, 0.3) is 0 Å². The Bertz CT molecular complexity index is 51.0. The molecule has 0 amide bonds. The zero-order valence-corrected chi connectivity index (χ0v) is 4.23. The molecule has 1 nitrogen and oxygen atoms in total. The van der Waals surface area contributed by atoms with Crippen LogP contribution in [0.3, 0.4) is 0 Å². The normalized spacial score (nSPS) is 7.83. The highest BCUT2D eigenvalue weighted by atomic mass is 14.5. The summed E-state index contributed by atoms with van der Waals surface area (Å²) in [6, 6.07) is 0. The molecule has 0 rings (SSSR count). The van der Waals surface area contributed by atoms with Gasteiger partial charge in [0.2, 0.25) is 0 Å². The fourth-order valence-electron chi connectivity index (χ4n) is 0.183. The average molecular weight is 83.1 g/mol. The van der Waals surface area contributed by atoms with Crippen molar-refractivity contribution in [2.75, 3.05) is 6.54 Å². The fraction of sp³-hybridized carbons (Fsp3) is 0.600. The van der Waals surface area contributed by atoms with Gasteiger partial charge in [-0.15, -0.1) is 5.73 Å². The minimum Gasteiger partial charge on any atom is -0.140 e. The summed E-state index contributed by atoms with van der Waals surface area (Å²) < 4.78 is 0. The molecule has 0 unspecified atom stereocenters. The molecule has 0 heterocycles. The van der Waals surface area contributed by atoms with Crippen molar-refractivity contribution in [1.29, 1.82) is 0 Å². The van der Waals surface area contributed by atoms with E-state index in [0.717, 1.165) is 5.57 Å². The predicted octanol–water partition coefficient (Wildman–Crippen LogP) is 1.02. The van der Waals surface area contributed by atoms with Crippen LogP contribution in [0.4, 0.5) is 0 Å². The Kier molecular flexibility index (Phi) is 2.77. The molecule has 0 fully saturated rings. The van der Waals surface area contributed by atoms with Gasteiger partial charge in [-0.25, -0.2) is 0 Å². The van der Waals surface area contributed by atoms with Crippen LogP contribution < -0.4 is 5.73 Å². The monoisotopic (exact) mass is 83.1 g/mol. The highest BCUT2D eigenvalue weighted by Gasteiger charge is 1.69. The topological polar surface area (TPSA) is 22.3 Å². The second kappa shape index (κ2) is 2.91. The molecule has 0 atom stereocenters. The number of hydrogen-bond acceptors (Lipinski definition) is 0. The van der Waals surface area contributed by atoms with E-state index in [9.17, 15) is 0 Å². The quantitative estimate of drug-likeness (QED) is 0.422. The Balaban J connectivity index is 3.14. The van der Waals surface area contributed by atoms with Crippen molar-refractivity contribution in [1.82, 2.24) is 5.73 Å². The third-order valence-corrected chi connectivity index (χ3v) is 0.500. The number of hydrogen-bond donors (Lipinski definition) is 0. The minimum atomic E-state index is 0.169. The first-order chi connectivity index (χ1) is 2.77. The largest absolute Gasteiger partial charge is 0.140 e. The van der Waals surface area contributed by atoms with Crippen LogP contribution in [0.5, 0.6) is 0 Å². The molecule has 0 aromatic carbocycles. The highest BCUT2D eigenvalue weighted by Crippen LogP contribution is 1.83. The summed E-state index contributed by atoms with van der Waals surface area (Å²) in [4.78, 5) is 0. The van der Waals surface area contributed by atoms with Gasteiger partial charge < -0.3 is 0 Å². The molecule has 0 saturated carbocycles. The second-order valence-electron chi connectivity index (χ2n) is 1.46. The van der Waals surface area contributed by atoms with E-state index >= 15 is 0 Å². The van der Waals surface area contributed by atoms with E-state index < -0.39 is 0 Å². The Hall–Kier alpha value is -0.300. The number of rotatable bonds is 1. The molecule has 0 aromatic heterocycles. The third kappa shape index (κ3) is 3.70. The van der Waals surface area contributed by atoms with E-state index in [1.54, 1.807) is 6.08 Å². The molecule has 0 spiro atoms. The zero-order valence-electron chi connectivity index (χ0n) is 4.23. The molecule has 0 aliphatic rings. The Morgan fingerprint density at radius 1 is 1.67 bits per heavy atom. The van der Waals surface area contributed by atoms with Crippen molar-refractivity contribution in [3.63, 3.8) is 0 Å². The van der Waals surface area contributed by atoms with Crippen LogP contribution >= 0.6 is 0 Å². The first kappa shape index (κ1) is 5.70. The molecule has 0 aromatic rings. The standard InChI is InChI=1S/C5H9N/c1-5(2)3-4-6/h3H,4H2,1-2H3. The smallest absolute Gasteiger partial charge is 0.0505 e. The van der Waals surface area contributed by atoms with Gasteiger partial charge in [0, 0.05) is 0 Å². The lowest BCUT2D eigenvalue weighted by Gasteiger charge is -1.78. The average Bonchev–Trinajstić information content (AvgIpc) is 1.35.